The molecule has 182 valence electrons. The molecule has 2 aliphatic heterocycles. The first-order valence-corrected chi connectivity index (χ1v) is 12.1. The Hall–Kier alpha value is -3.18. The maximum absolute atomic E-state index is 12.8. The number of nitrogens with zero attached hydrogens (tertiary/aromatic N) is 3. The van der Waals surface area contributed by atoms with E-state index in [1.165, 1.54) is 11.0 Å². The Balaban J connectivity index is 1.57. The number of aliphatic hydroxyl groups excluding tert-OH is 1. The summed E-state index contributed by atoms with van der Waals surface area (Å²) in [7, 11) is 0. The fourth-order valence-electron chi connectivity index (χ4n) is 3.94. The van der Waals surface area contributed by atoms with Gasteiger partial charge in [-0.3, -0.25) is 4.79 Å². The molecule has 0 radical (unpaired) electrons. The van der Waals surface area contributed by atoms with Gasteiger partial charge in [0.25, 0.3) is 17.1 Å². The lowest BCUT2D eigenvalue weighted by Crippen LogP contribution is -2.41. The standard InChI is InChI=1S/C23H29N5O5S/c1-13-8-9-17(33-13)19(23(2,3)4)25-21-20(26-34(32)27-21)24-16-7-5-6-15(18(16)30)22(31)28-11-10-14(29)12-28/h5-9,14,19,29-30H,10-12H2,1-4H3,(H,24,26)(H,25,27). The van der Waals surface area contributed by atoms with E-state index in [9.17, 15) is 19.2 Å². The number of nitrogens with one attached hydrogen (secondary N) is 2. The first-order chi connectivity index (χ1) is 16.0. The predicted octanol–water partition coefficient (Wildman–Crippen LogP) is 2.68. The number of phenolic OH excluding ortho intramolecular Hbond substituents is 1. The van der Waals surface area contributed by atoms with Crippen LogP contribution in [0, 0.1) is 12.3 Å². The molecule has 3 heterocycles. The molecule has 10 nitrogen and oxygen atoms in total. The molecule has 0 bridgehead atoms. The molecular formula is C23H29N5O5S. The van der Waals surface area contributed by atoms with Gasteiger partial charge in [0.1, 0.15) is 11.5 Å². The fraction of sp³-hybridized carbons (Fsp3) is 0.435. The Morgan fingerprint density at radius 3 is 2.59 bits per heavy atom. The first-order valence-electron chi connectivity index (χ1n) is 11.0. The zero-order valence-corrected chi connectivity index (χ0v) is 20.3. The van der Waals surface area contributed by atoms with Gasteiger partial charge in [0.15, 0.2) is 17.4 Å². The number of aromatic hydroxyl groups is 1. The number of rotatable bonds is 4. The van der Waals surface area contributed by atoms with E-state index in [1.54, 1.807) is 12.1 Å². The Morgan fingerprint density at radius 1 is 1.24 bits per heavy atom. The van der Waals surface area contributed by atoms with E-state index < -0.39 is 17.3 Å². The molecule has 3 atom stereocenters. The molecule has 0 saturated carbocycles. The molecule has 0 spiro atoms. The number of hydrogen-bond acceptors (Lipinski definition) is 7. The Bertz CT molecular complexity index is 1180. The van der Waals surface area contributed by atoms with Gasteiger partial charge < -0.3 is 30.2 Å². The number of benzene rings is 1. The van der Waals surface area contributed by atoms with E-state index >= 15 is 0 Å². The predicted molar refractivity (Wildman–Crippen MR) is 130 cm³/mol. The van der Waals surface area contributed by atoms with E-state index in [0.717, 1.165) is 5.76 Å². The van der Waals surface area contributed by atoms with Crippen LogP contribution in [0.4, 0.5) is 5.69 Å². The second-order valence-corrected chi connectivity index (χ2v) is 10.3. The Kier molecular flexibility index (Phi) is 6.50. The van der Waals surface area contributed by atoms with E-state index in [4.69, 9.17) is 4.42 Å². The summed E-state index contributed by atoms with van der Waals surface area (Å²) in [6.45, 7) is 8.62. The van der Waals surface area contributed by atoms with Gasteiger partial charge in [-0.2, -0.15) is 0 Å². The molecule has 34 heavy (non-hydrogen) atoms. The summed E-state index contributed by atoms with van der Waals surface area (Å²) < 4.78 is 26.1. The minimum Gasteiger partial charge on any atom is -0.505 e. The quantitative estimate of drug-likeness (QED) is 0.486. The van der Waals surface area contributed by atoms with Crippen LogP contribution in [0.25, 0.3) is 0 Å². The molecule has 2 aliphatic rings. The topological polar surface area (TPSA) is 140 Å². The van der Waals surface area contributed by atoms with Crippen LogP contribution in [0.2, 0.25) is 0 Å². The molecule has 1 amide bonds. The van der Waals surface area contributed by atoms with Crippen molar-refractivity contribution in [2.24, 2.45) is 14.2 Å². The van der Waals surface area contributed by atoms with Crippen molar-refractivity contribution in [2.75, 3.05) is 18.4 Å². The molecular weight excluding hydrogens is 458 g/mol. The number of likely N-dealkylation sites (tertiary alicyclic amines) is 1. The number of phenols is 1. The van der Waals surface area contributed by atoms with Gasteiger partial charge in [0.05, 0.1) is 23.4 Å². The second kappa shape index (κ2) is 9.22. The van der Waals surface area contributed by atoms with Gasteiger partial charge in [0.2, 0.25) is 0 Å². The van der Waals surface area contributed by atoms with Crippen molar-refractivity contribution < 1.29 is 23.6 Å². The van der Waals surface area contributed by atoms with E-state index in [1.807, 2.05) is 39.8 Å². The van der Waals surface area contributed by atoms with Gasteiger partial charge in [-0.05, 0) is 43.0 Å². The minimum atomic E-state index is -1.84. The number of hydrogen-bond donors (Lipinski definition) is 4. The summed E-state index contributed by atoms with van der Waals surface area (Å²) in [5, 5.41) is 26.8. The average Bonchev–Trinajstić information content (AvgIpc) is 3.46. The lowest BCUT2D eigenvalue weighted by molar-refractivity contribution is 0.0762. The minimum absolute atomic E-state index is 0.101. The van der Waals surface area contributed by atoms with Gasteiger partial charge >= 0.3 is 0 Å². The second-order valence-electron chi connectivity index (χ2n) is 9.52. The zero-order chi connectivity index (χ0) is 24.6. The molecule has 1 fully saturated rings. The lowest BCUT2D eigenvalue weighted by Gasteiger charge is -2.30. The smallest absolute Gasteiger partial charge is 0.269 e. The molecule has 1 saturated heterocycles. The van der Waals surface area contributed by atoms with Crippen LogP contribution in [0.5, 0.6) is 5.75 Å². The Morgan fingerprint density at radius 2 is 1.97 bits per heavy atom. The van der Waals surface area contributed by atoms with Gasteiger partial charge in [-0.1, -0.05) is 26.8 Å². The van der Waals surface area contributed by atoms with Crippen molar-refractivity contribution >= 4 is 34.4 Å². The van der Waals surface area contributed by atoms with Crippen molar-refractivity contribution in [3.8, 4) is 5.75 Å². The highest BCUT2D eigenvalue weighted by Gasteiger charge is 2.33. The third-order valence-corrected chi connectivity index (χ3v) is 6.40. The summed E-state index contributed by atoms with van der Waals surface area (Å²) in [4.78, 5) is 14.3. The van der Waals surface area contributed by atoms with Crippen LogP contribution >= 0.6 is 0 Å². The molecule has 3 unspecified atom stereocenters. The van der Waals surface area contributed by atoms with Crippen LogP contribution < -0.4 is 10.6 Å². The van der Waals surface area contributed by atoms with Crippen LogP contribution in [0.1, 0.15) is 55.1 Å². The maximum Gasteiger partial charge on any atom is 0.269 e. The van der Waals surface area contributed by atoms with Crippen molar-refractivity contribution in [1.82, 2.24) is 10.2 Å². The first kappa shape index (κ1) is 24.0. The number of para-hydroxylation sites is 1. The van der Waals surface area contributed by atoms with Gasteiger partial charge in [-0.25, -0.2) is 4.21 Å². The highest BCUT2D eigenvalue weighted by atomic mass is 32.2. The highest BCUT2D eigenvalue weighted by Crippen LogP contribution is 2.34. The summed E-state index contributed by atoms with van der Waals surface area (Å²) in [5.41, 5.74) is 0.0411. The molecule has 11 heteroatoms. The van der Waals surface area contributed by atoms with Gasteiger partial charge in [-0.15, -0.1) is 8.80 Å². The normalized spacial score (nSPS) is 21.3. The SMILES string of the molecule is Cc1ccc(C(NC2=NS(=O)N=C2Nc2cccc(C(=O)N3CCC(O)C3)c2O)C(C)(C)C)o1. The van der Waals surface area contributed by atoms with E-state index in [-0.39, 0.29) is 52.6 Å². The number of aliphatic hydroxyl groups is 1. The fourth-order valence-corrected chi connectivity index (χ4v) is 4.57. The molecule has 0 aliphatic carbocycles. The van der Waals surface area contributed by atoms with Crippen molar-refractivity contribution in [2.45, 2.75) is 46.3 Å². The highest BCUT2D eigenvalue weighted by molar-refractivity contribution is 7.83. The van der Waals surface area contributed by atoms with E-state index in [2.05, 4.69) is 19.4 Å². The third-order valence-electron chi connectivity index (χ3n) is 5.73. The van der Waals surface area contributed by atoms with Gasteiger partial charge in [0, 0.05) is 13.1 Å². The number of amidine groups is 2. The van der Waals surface area contributed by atoms with Crippen molar-refractivity contribution in [3.05, 3.63) is 47.4 Å². The number of carbonyl (C=O) groups is 1. The number of amides is 1. The molecule has 1 aromatic carbocycles. The summed E-state index contributed by atoms with van der Waals surface area (Å²) in [6.07, 6.45) is -0.0586. The zero-order valence-electron chi connectivity index (χ0n) is 19.5. The van der Waals surface area contributed by atoms with Crippen molar-refractivity contribution in [3.63, 3.8) is 0 Å². The lowest BCUT2D eigenvalue weighted by atomic mass is 9.85. The third kappa shape index (κ3) is 5.00. The molecule has 1 aromatic heterocycles. The van der Waals surface area contributed by atoms with Crippen LogP contribution in [0.15, 0.2) is 43.5 Å². The number of furan rings is 1. The summed E-state index contributed by atoms with van der Waals surface area (Å²) in [6, 6.07) is 8.18. The Labute approximate surface area is 200 Å². The van der Waals surface area contributed by atoms with Crippen LogP contribution in [-0.4, -0.2) is 56.1 Å². The summed E-state index contributed by atoms with van der Waals surface area (Å²) in [5.74, 6) is 1.27. The van der Waals surface area contributed by atoms with Crippen molar-refractivity contribution in [1.29, 1.82) is 0 Å². The van der Waals surface area contributed by atoms with Crippen LogP contribution in [0.3, 0.4) is 0 Å². The number of β-amino-alcohol motifs (C(OH)–C–C–N with tert-alkyl or cyclic N) is 1. The largest absolute Gasteiger partial charge is 0.505 e. The molecule has 2 aromatic rings. The molecule has 4 N–H and O–H groups in total. The van der Waals surface area contributed by atoms with E-state index in [0.29, 0.717) is 18.7 Å². The number of aryl methyl sites for hydroxylation is 1. The summed E-state index contributed by atoms with van der Waals surface area (Å²) >= 11 is -1.84. The average molecular weight is 488 g/mol. The van der Waals surface area contributed by atoms with Crippen LogP contribution in [-0.2, 0) is 11.2 Å². The maximum atomic E-state index is 12.8. The molecule has 4 rings (SSSR count). The number of carbonyl (C=O) groups excluding carboxylic acids is 1. The monoisotopic (exact) mass is 487 g/mol. The number of anilines is 1.